The molecule has 0 unspecified atom stereocenters. The minimum absolute atomic E-state index is 0.117. The Labute approximate surface area is 125 Å². The lowest BCUT2D eigenvalue weighted by Crippen LogP contribution is -2.38. The van der Waals surface area contributed by atoms with Crippen LogP contribution in [-0.2, 0) is 6.42 Å². The molecule has 0 aliphatic rings. The molecular formula is C16H22N2O3. The number of aromatic carboxylic acids is 1. The molecule has 0 fully saturated rings. The Kier molecular flexibility index (Phi) is 7.01. The molecular weight excluding hydrogens is 268 g/mol. The summed E-state index contributed by atoms with van der Waals surface area (Å²) >= 11 is 0. The first-order valence-corrected chi connectivity index (χ1v) is 6.96. The summed E-state index contributed by atoms with van der Waals surface area (Å²) in [5.41, 5.74) is 1.16. The summed E-state index contributed by atoms with van der Waals surface area (Å²) in [6.45, 7) is 4.81. The highest BCUT2D eigenvalue weighted by molar-refractivity contribution is 5.87. The van der Waals surface area contributed by atoms with E-state index in [1.54, 1.807) is 30.1 Å². The van der Waals surface area contributed by atoms with Gasteiger partial charge in [0.2, 0.25) is 0 Å². The lowest BCUT2D eigenvalue weighted by Gasteiger charge is -2.17. The number of nitrogens with one attached hydrogen (secondary N) is 1. The van der Waals surface area contributed by atoms with E-state index in [0.717, 1.165) is 18.4 Å². The van der Waals surface area contributed by atoms with E-state index in [0.29, 0.717) is 19.5 Å². The average Bonchev–Trinajstić information content (AvgIpc) is 2.47. The Morgan fingerprint density at radius 2 is 2.19 bits per heavy atom. The Morgan fingerprint density at radius 1 is 1.43 bits per heavy atom. The number of hydrogen-bond donors (Lipinski definition) is 2. The molecule has 114 valence electrons. The van der Waals surface area contributed by atoms with Crippen molar-refractivity contribution in [2.24, 2.45) is 0 Å². The summed E-state index contributed by atoms with van der Waals surface area (Å²) < 4.78 is 0. The molecule has 0 bridgehead atoms. The van der Waals surface area contributed by atoms with Gasteiger partial charge in [-0.1, -0.05) is 18.2 Å². The van der Waals surface area contributed by atoms with Crippen molar-refractivity contribution in [3.8, 4) is 0 Å². The van der Waals surface area contributed by atoms with E-state index in [9.17, 15) is 9.59 Å². The summed E-state index contributed by atoms with van der Waals surface area (Å²) in [7, 11) is 1.75. The minimum Gasteiger partial charge on any atom is -0.478 e. The highest BCUT2D eigenvalue weighted by atomic mass is 16.4. The number of unbranched alkanes of at least 4 members (excludes halogenated alkanes) is 1. The van der Waals surface area contributed by atoms with Gasteiger partial charge in [0.1, 0.15) is 0 Å². The normalized spacial score (nSPS) is 9.95. The lowest BCUT2D eigenvalue weighted by molar-refractivity contribution is 0.0696. The number of amides is 2. The summed E-state index contributed by atoms with van der Waals surface area (Å²) in [6.07, 6.45) is 4.22. The molecule has 1 aromatic carbocycles. The van der Waals surface area contributed by atoms with Crippen molar-refractivity contribution < 1.29 is 14.7 Å². The summed E-state index contributed by atoms with van der Waals surface area (Å²) in [5, 5.41) is 11.7. The first-order valence-electron chi connectivity index (χ1n) is 6.96. The second kappa shape index (κ2) is 8.79. The third-order valence-corrected chi connectivity index (χ3v) is 3.11. The van der Waals surface area contributed by atoms with Crippen LogP contribution in [0.1, 0.15) is 28.8 Å². The molecule has 0 saturated carbocycles. The third kappa shape index (κ3) is 6.12. The second-order valence-electron chi connectivity index (χ2n) is 4.84. The van der Waals surface area contributed by atoms with Crippen molar-refractivity contribution in [2.75, 3.05) is 20.1 Å². The van der Waals surface area contributed by atoms with Crippen LogP contribution in [0.4, 0.5) is 4.79 Å². The SMILES string of the molecule is C=CCCCN(C)C(=O)NCCc1cccc(C(=O)O)c1. The van der Waals surface area contributed by atoms with Crippen molar-refractivity contribution in [1.29, 1.82) is 0 Å². The molecule has 0 aliphatic carbocycles. The summed E-state index contributed by atoms with van der Waals surface area (Å²) in [5.74, 6) is -0.942. The number of allylic oxidation sites excluding steroid dienone is 1. The van der Waals surface area contributed by atoms with Gasteiger partial charge in [-0.25, -0.2) is 9.59 Å². The number of nitrogens with zero attached hydrogens (tertiary/aromatic N) is 1. The number of benzene rings is 1. The van der Waals surface area contributed by atoms with Crippen LogP contribution in [0, 0.1) is 0 Å². The fourth-order valence-electron chi connectivity index (χ4n) is 1.88. The third-order valence-electron chi connectivity index (χ3n) is 3.11. The van der Waals surface area contributed by atoms with Gasteiger partial charge in [-0.15, -0.1) is 6.58 Å². The van der Waals surface area contributed by atoms with Crippen molar-refractivity contribution in [3.05, 3.63) is 48.0 Å². The van der Waals surface area contributed by atoms with Gasteiger partial charge in [-0.05, 0) is 37.0 Å². The van der Waals surface area contributed by atoms with Gasteiger partial charge in [-0.3, -0.25) is 0 Å². The first-order chi connectivity index (χ1) is 10.0. The molecule has 0 spiro atoms. The molecule has 5 nitrogen and oxygen atoms in total. The van der Waals surface area contributed by atoms with Crippen molar-refractivity contribution in [3.63, 3.8) is 0 Å². The Morgan fingerprint density at radius 3 is 2.86 bits per heavy atom. The van der Waals surface area contributed by atoms with E-state index >= 15 is 0 Å². The van der Waals surface area contributed by atoms with Gasteiger partial charge >= 0.3 is 12.0 Å². The quantitative estimate of drug-likeness (QED) is 0.571. The minimum atomic E-state index is -0.942. The van der Waals surface area contributed by atoms with Crippen LogP contribution < -0.4 is 5.32 Å². The monoisotopic (exact) mass is 290 g/mol. The Hall–Kier alpha value is -2.30. The molecule has 5 heteroatoms. The van der Waals surface area contributed by atoms with E-state index < -0.39 is 5.97 Å². The second-order valence-corrected chi connectivity index (χ2v) is 4.84. The first kappa shape index (κ1) is 16.8. The van der Waals surface area contributed by atoms with E-state index in [1.165, 1.54) is 0 Å². The fraction of sp³-hybridized carbons (Fsp3) is 0.375. The maximum absolute atomic E-state index is 11.8. The van der Waals surface area contributed by atoms with Gasteiger partial charge in [0.15, 0.2) is 0 Å². The fourth-order valence-corrected chi connectivity index (χ4v) is 1.88. The van der Waals surface area contributed by atoms with Crippen LogP contribution >= 0.6 is 0 Å². The molecule has 2 amide bonds. The molecule has 21 heavy (non-hydrogen) atoms. The van der Waals surface area contributed by atoms with Gasteiger partial charge in [0, 0.05) is 20.1 Å². The molecule has 1 rings (SSSR count). The number of carboxylic acid groups (broad SMARTS) is 1. The highest BCUT2D eigenvalue weighted by Crippen LogP contribution is 2.05. The molecule has 0 radical (unpaired) electrons. The molecule has 0 aliphatic heterocycles. The van der Waals surface area contributed by atoms with Crippen molar-refractivity contribution in [1.82, 2.24) is 10.2 Å². The van der Waals surface area contributed by atoms with E-state index in [1.807, 2.05) is 12.1 Å². The van der Waals surface area contributed by atoms with E-state index in [-0.39, 0.29) is 11.6 Å². The zero-order valence-electron chi connectivity index (χ0n) is 12.3. The molecule has 1 aromatic rings. The van der Waals surface area contributed by atoms with Crippen LogP contribution in [0.2, 0.25) is 0 Å². The van der Waals surface area contributed by atoms with Gasteiger partial charge in [0.05, 0.1) is 5.56 Å². The number of carbonyl (C=O) groups is 2. The number of carboxylic acids is 1. The number of rotatable bonds is 8. The molecule has 0 atom stereocenters. The zero-order valence-corrected chi connectivity index (χ0v) is 12.3. The summed E-state index contributed by atoms with van der Waals surface area (Å²) in [6, 6.07) is 6.63. The Bertz CT molecular complexity index is 500. The molecule has 0 saturated heterocycles. The largest absolute Gasteiger partial charge is 0.478 e. The zero-order chi connectivity index (χ0) is 15.7. The van der Waals surface area contributed by atoms with Crippen LogP contribution in [0.25, 0.3) is 0 Å². The molecule has 0 aromatic heterocycles. The van der Waals surface area contributed by atoms with Gasteiger partial charge in [0.25, 0.3) is 0 Å². The van der Waals surface area contributed by atoms with Crippen molar-refractivity contribution >= 4 is 12.0 Å². The number of hydrogen-bond acceptors (Lipinski definition) is 2. The highest BCUT2D eigenvalue weighted by Gasteiger charge is 2.07. The van der Waals surface area contributed by atoms with Crippen LogP contribution in [0.5, 0.6) is 0 Å². The van der Waals surface area contributed by atoms with Gasteiger partial charge < -0.3 is 15.3 Å². The van der Waals surface area contributed by atoms with E-state index in [2.05, 4.69) is 11.9 Å². The van der Waals surface area contributed by atoms with Crippen LogP contribution in [0.3, 0.4) is 0 Å². The molecule has 0 heterocycles. The predicted octanol–water partition coefficient (Wildman–Crippen LogP) is 2.53. The van der Waals surface area contributed by atoms with Crippen molar-refractivity contribution in [2.45, 2.75) is 19.3 Å². The standard InChI is InChI=1S/C16H22N2O3/c1-3-4-5-11-18(2)16(21)17-10-9-13-7-6-8-14(12-13)15(19)20/h3,6-8,12H,1,4-5,9-11H2,2H3,(H,17,21)(H,19,20). The van der Waals surface area contributed by atoms with Crippen LogP contribution in [0.15, 0.2) is 36.9 Å². The smallest absolute Gasteiger partial charge is 0.335 e. The maximum Gasteiger partial charge on any atom is 0.335 e. The topological polar surface area (TPSA) is 69.6 Å². The average molecular weight is 290 g/mol. The Balaban J connectivity index is 2.35. The maximum atomic E-state index is 11.8. The van der Waals surface area contributed by atoms with Gasteiger partial charge in [-0.2, -0.15) is 0 Å². The predicted molar refractivity (Wildman–Crippen MR) is 82.6 cm³/mol. The van der Waals surface area contributed by atoms with E-state index in [4.69, 9.17) is 5.11 Å². The molecule has 2 N–H and O–H groups in total. The lowest BCUT2D eigenvalue weighted by atomic mass is 10.1. The number of carbonyl (C=O) groups excluding carboxylic acids is 1. The number of urea groups is 1. The van der Waals surface area contributed by atoms with Crippen LogP contribution in [-0.4, -0.2) is 42.1 Å². The summed E-state index contributed by atoms with van der Waals surface area (Å²) in [4.78, 5) is 24.3.